The van der Waals surface area contributed by atoms with Gasteiger partial charge in [0.1, 0.15) is 0 Å². The minimum Gasteiger partial charge on any atom is -0.319 e. The van der Waals surface area contributed by atoms with E-state index in [1.54, 1.807) is 0 Å². The van der Waals surface area contributed by atoms with E-state index in [0.29, 0.717) is 0 Å². The maximum absolute atomic E-state index is 6.18. The third-order valence-electron chi connectivity index (χ3n) is 2.50. The molecule has 0 amide bonds. The number of halogens is 2. The summed E-state index contributed by atoms with van der Waals surface area (Å²) in [6.45, 7) is 3.84. The molecule has 78 valence electrons. The lowest BCUT2D eigenvalue weighted by atomic mass is 9.85. The third-order valence-corrected chi connectivity index (χ3v) is 2.96. The number of nitrogens with one attached hydrogen (secondary N) is 1. The highest BCUT2D eigenvalue weighted by Crippen LogP contribution is 2.26. The van der Waals surface area contributed by atoms with Crippen LogP contribution in [0.25, 0.3) is 0 Å². The fourth-order valence-electron chi connectivity index (χ4n) is 1.62. The Hall–Kier alpha value is -0.0900. The van der Waals surface area contributed by atoms with Crippen LogP contribution in [0.15, 0.2) is 22.7 Å². The molecule has 2 rings (SSSR count). The van der Waals surface area contributed by atoms with E-state index >= 15 is 0 Å². The van der Waals surface area contributed by atoms with Crippen molar-refractivity contribution in [1.82, 2.24) is 5.32 Å². The van der Waals surface area contributed by atoms with Gasteiger partial charge in [-0.05, 0) is 30.2 Å². The molecule has 2 nitrogen and oxygen atoms in total. The summed E-state index contributed by atoms with van der Waals surface area (Å²) in [7, 11) is 0. The number of aryl methyl sites for hydroxylation is 1. The maximum Gasteiger partial charge on any atom is 0.0662 e. The van der Waals surface area contributed by atoms with Crippen molar-refractivity contribution in [2.24, 2.45) is 5.73 Å². The van der Waals surface area contributed by atoms with E-state index in [4.69, 9.17) is 5.73 Å². The van der Waals surface area contributed by atoms with Gasteiger partial charge in [-0.15, -0.1) is 12.4 Å². The lowest BCUT2D eigenvalue weighted by Crippen LogP contribution is -2.62. The Labute approximate surface area is 98.8 Å². The molecule has 1 aliphatic heterocycles. The van der Waals surface area contributed by atoms with Gasteiger partial charge in [-0.25, -0.2) is 0 Å². The van der Waals surface area contributed by atoms with E-state index in [1.165, 1.54) is 11.1 Å². The predicted molar refractivity (Wildman–Crippen MR) is 64.9 cm³/mol. The molecule has 3 N–H and O–H groups in total. The van der Waals surface area contributed by atoms with Crippen LogP contribution < -0.4 is 11.1 Å². The Bertz CT molecular complexity index is 317. The second kappa shape index (κ2) is 4.19. The highest BCUT2D eigenvalue weighted by molar-refractivity contribution is 9.10. The summed E-state index contributed by atoms with van der Waals surface area (Å²) in [5, 5.41) is 3.20. The SMILES string of the molecule is Cc1cc(Br)cc(C2(N)CNC2)c1.Cl. The molecule has 0 unspecified atom stereocenters. The Balaban J connectivity index is 0.000000980. The van der Waals surface area contributed by atoms with E-state index < -0.39 is 0 Å². The summed E-state index contributed by atoms with van der Waals surface area (Å²) in [6, 6.07) is 6.36. The molecule has 14 heavy (non-hydrogen) atoms. The highest BCUT2D eigenvalue weighted by Gasteiger charge is 2.34. The monoisotopic (exact) mass is 276 g/mol. The van der Waals surface area contributed by atoms with Gasteiger partial charge in [0.2, 0.25) is 0 Å². The van der Waals surface area contributed by atoms with Crippen LogP contribution in [0, 0.1) is 6.92 Å². The average molecular weight is 278 g/mol. The fraction of sp³-hybridized carbons (Fsp3) is 0.400. The Morgan fingerprint density at radius 1 is 1.36 bits per heavy atom. The number of nitrogens with two attached hydrogens (primary N) is 1. The Kier molecular flexibility index (Phi) is 3.58. The molecule has 1 aromatic carbocycles. The third kappa shape index (κ3) is 2.11. The molecule has 4 heteroatoms. The molecule has 0 bridgehead atoms. The molecule has 1 aromatic rings. The minimum atomic E-state index is -0.144. The predicted octanol–water partition coefficient (Wildman–Crippen LogP) is 1.94. The van der Waals surface area contributed by atoms with Crippen molar-refractivity contribution >= 4 is 28.3 Å². The van der Waals surface area contributed by atoms with Crippen LogP contribution in [0.5, 0.6) is 0 Å². The maximum atomic E-state index is 6.18. The first-order valence-electron chi connectivity index (χ1n) is 4.37. The first-order chi connectivity index (χ1) is 6.10. The summed E-state index contributed by atoms with van der Waals surface area (Å²) in [6.07, 6.45) is 0. The standard InChI is InChI=1S/C10H13BrN2.ClH/c1-7-2-8(4-9(11)3-7)10(12)5-13-6-10;/h2-4,13H,5-6,12H2,1H3;1H. The number of hydrogen-bond acceptors (Lipinski definition) is 2. The van der Waals surface area contributed by atoms with E-state index in [9.17, 15) is 0 Å². The van der Waals surface area contributed by atoms with Gasteiger partial charge in [-0.3, -0.25) is 0 Å². The summed E-state index contributed by atoms with van der Waals surface area (Å²) < 4.78 is 1.11. The highest BCUT2D eigenvalue weighted by atomic mass is 79.9. The van der Waals surface area contributed by atoms with Gasteiger partial charge in [-0.2, -0.15) is 0 Å². The first-order valence-corrected chi connectivity index (χ1v) is 5.17. The molecule has 1 saturated heterocycles. The zero-order valence-corrected chi connectivity index (χ0v) is 10.4. The molecule has 1 heterocycles. The molecule has 0 spiro atoms. The normalized spacial score (nSPS) is 18.2. The van der Waals surface area contributed by atoms with Crippen molar-refractivity contribution in [2.75, 3.05) is 13.1 Å². The van der Waals surface area contributed by atoms with Gasteiger partial charge in [0.25, 0.3) is 0 Å². The van der Waals surface area contributed by atoms with Crippen molar-refractivity contribution in [1.29, 1.82) is 0 Å². The van der Waals surface area contributed by atoms with Crippen LogP contribution in [0.3, 0.4) is 0 Å². The summed E-state index contributed by atoms with van der Waals surface area (Å²) in [4.78, 5) is 0. The van der Waals surface area contributed by atoms with Crippen LogP contribution in [0.2, 0.25) is 0 Å². The van der Waals surface area contributed by atoms with Gasteiger partial charge in [0, 0.05) is 17.6 Å². The topological polar surface area (TPSA) is 38.0 Å². The van der Waals surface area contributed by atoms with Crippen LogP contribution in [0.4, 0.5) is 0 Å². The Morgan fingerprint density at radius 3 is 2.43 bits per heavy atom. The largest absolute Gasteiger partial charge is 0.319 e. The van der Waals surface area contributed by atoms with Gasteiger partial charge >= 0.3 is 0 Å². The quantitative estimate of drug-likeness (QED) is 0.823. The zero-order chi connectivity index (χ0) is 9.47. The molecule has 0 atom stereocenters. The van der Waals surface area contributed by atoms with Crippen molar-refractivity contribution in [2.45, 2.75) is 12.5 Å². The molecule has 1 aliphatic rings. The lowest BCUT2D eigenvalue weighted by molar-refractivity contribution is 0.287. The zero-order valence-electron chi connectivity index (χ0n) is 8.01. The van der Waals surface area contributed by atoms with Crippen molar-refractivity contribution in [3.8, 4) is 0 Å². The summed E-state index contributed by atoms with van der Waals surface area (Å²) >= 11 is 3.48. The molecule has 1 fully saturated rings. The van der Waals surface area contributed by atoms with Gasteiger partial charge < -0.3 is 11.1 Å². The fourth-order valence-corrected chi connectivity index (χ4v) is 2.23. The first kappa shape index (κ1) is 12.0. The van der Waals surface area contributed by atoms with E-state index in [-0.39, 0.29) is 17.9 Å². The van der Waals surface area contributed by atoms with E-state index in [2.05, 4.69) is 46.4 Å². The second-order valence-electron chi connectivity index (χ2n) is 3.78. The van der Waals surface area contributed by atoms with Gasteiger partial charge in [0.05, 0.1) is 5.54 Å². The molecule has 0 aromatic heterocycles. The van der Waals surface area contributed by atoms with E-state index in [1.807, 2.05) is 0 Å². The van der Waals surface area contributed by atoms with Crippen molar-refractivity contribution in [3.63, 3.8) is 0 Å². The molecule has 0 aliphatic carbocycles. The Morgan fingerprint density at radius 2 is 2.00 bits per heavy atom. The summed E-state index contributed by atoms with van der Waals surface area (Å²) in [5.74, 6) is 0. The van der Waals surface area contributed by atoms with Crippen LogP contribution in [0.1, 0.15) is 11.1 Å². The molecular weight excluding hydrogens is 263 g/mol. The smallest absolute Gasteiger partial charge is 0.0662 e. The van der Waals surface area contributed by atoms with Gasteiger partial charge in [-0.1, -0.05) is 22.0 Å². The second-order valence-corrected chi connectivity index (χ2v) is 4.69. The van der Waals surface area contributed by atoms with Gasteiger partial charge in [0.15, 0.2) is 0 Å². The average Bonchev–Trinajstić information content (AvgIpc) is 1.98. The number of hydrogen-bond donors (Lipinski definition) is 2. The van der Waals surface area contributed by atoms with Crippen molar-refractivity contribution in [3.05, 3.63) is 33.8 Å². The number of rotatable bonds is 1. The minimum absolute atomic E-state index is 0. The lowest BCUT2D eigenvalue weighted by Gasteiger charge is -2.39. The summed E-state index contributed by atoms with van der Waals surface area (Å²) in [5.41, 5.74) is 8.51. The molecule has 0 radical (unpaired) electrons. The molecular formula is C10H14BrClN2. The number of benzene rings is 1. The molecule has 0 saturated carbocycles. The van der Waals surface area contributed by atoms with Crippen molar-refractivity contribution < 1.29 is 0 Å². The van der Waals surface area contributed by atoms with E-state index in [0.717, 1.165) is 17.6 Å². The van der Waals surface area contributed by atoms with Crippen LogP contribution in [-0.2, 0) is 5.54 Å². The van der Waals surface area contributed by atoms with Crippen LogP contribution in [-0.4, -0.2) is 13.1 Å². The van der Waals surface area contributed by atoms with Crippen LogP contribution >= 0.6 is 28.3 Å².